The number of nitrogens with zero attached hydrogens (tertiary/aromatic N) is 2. The third kappa shape index (κ3) is 4.61. The smallest absolute Gasteiger partial charge is 0.140 e. The van der Waals surface area contributed by atoms with E-state index in [1.54, 1.807) is 11.3 Å². The van der Waals surface area contributed by atoms with Gasteiger partial charge in [0, 0.05) is 30.9 Å². The minimum absolute atomic E-state index is 0.505. The van der Waals surface area contributed by atoms with Gasteiger partial charge in [0.25, 0.3) is 0 Å². The molecule has 4 nitrogen and oxygen atoms in total. The molecule has 3 aromatic rings. The lowest BCUT2D eigenvalue weighted by atomic mass is 9.89. The average Bonchev–Trinajstić information content (AvgIpc) is 3.35. The number of thiazole rings is 1. The highest BCUT2D eigenvalue weighted by Gasteiger charge is 2.32. The third-order valence-electron chi connectivity index (χ3n) is 5.42. The van der Waals surface area contributed by atoms with E-state index >= 15 is 0 Å². The van der Waals surface area contributed by atoms with Crippen LogP contribution in [0.5, 0.6) is 5.75 Å². The summed E-state index contributed by atoms with van der Waals surface area (Å²) in [6.45, 7) is 6.27. The lowest BCUT2D eigenvalue weighted by molar-refractivity contribution is 0.300. The van der Waals surface area contributed by atoms with E-state index in [2.05, 4.69) is 59.7 Å². The fourth-order valence-electron chi connectivity index (χ4n) is 3.90. The van der Waals surface area contributed by atoms with Crippen LogP contribution in [-0.2, 0) is 13.2 Å². The first-order chi connectivity index (χ1) is 13.7. The number of hydrogen-bond acceptors (Lipinski definition) is 5. The van der Waals surface area contributed by atoms with Gasteiger partial charge in [-0.1, -0.05) is 48.0 Å². The predicted molar refractivity (Wildman–Crippen MR) is 115 cm³/mol. The topological polar surface area (TPSA) is 51.4 Å². The summed E-state index contributed by atoms with van der Waals surface area (Å²) < 4.78 is 5.86. The molecule has 0 amide bonds. The molecule has 1 aromatic heterocycles. The zero-order chi connectivity index (χ0) is 19.3. The molecule has 0 unspecified atom stereocenters. The van der Waals surface area contributed by atoms with Crippen molar-refractivity contribution < 1.29 is 4.74 Å². The highest BCUT2D eigenvalue weighted by Crippen LogP contribution is 2.32. The number of likely N-dealkylation sites (tertiary alicyclic amines) is 1. The van der Waals surface area contributed by atoms with Crippen molar-refractivity contribution in [3.8, 4) is 5.75 Å². The SMILES string of the molecule is Cc1ccc(OCc2nc(CN3C[C@@H](CN)[C@H](c4ccccc4)C3)cs2)cc1. The Hall–Kier alpha value is -2.21. The number of ether oxygens (including phenoxy) is 1. The Morgan fingerprint density at radius 3 is 2.64 bits per heavy atom. The van der Waals surface area contributed by atoms with Gasteiger partial charge in [0.2, 0.25) is 0 Å². The van der Waals surface area contributed by atoms with E-state index in [9.17, 15) is 0 Å². The Morgan fingerprint density at radius 2 is 1.89 bits per heavy atom. The molecule has 0 radical (unpaired) electrons. The molecule has 0 bridgehead atoms. The van der Waals surface area contributed by atoms with Crippen LogP contribution >= 0.6 is 11.3 Å². The second kappa shape index (κ2) is 8.86. The first-order valence-corrected chi connectivity index (χ1v) is 10.7. The van der Waals surface area contributed by atoms with Crippen LogP contribution < -0.4 is 10.5 Å². The Bertz CT molecular complexity index is 878. The quantitative estimate of drug-likeness (QED) is 0.653. The fraction of sp³-hybridized carbons (Fsp3) is 0.348. The van der Waals surface area contributed by atoms with Crippen LogP contribution in [-0.4, -0.2) is 29.5 Å². The number of benzene rings is 2. The molecule has 4 rings (SSSR count). The number of hydrogen-bond donors (Lipinski definition) is 1. The first kappa shape index (κ1) is 19.1. The van der Waals surface area contributed by atoms with Gasteiger partial charge in [-0.25, -0.2) is 4.98 Å². The van der Waals surface area contributed by atoms with Crippen LogP contribution in [0.3, 0.4) is 0 Å². The summed E-state index contributed by atoms with van der Waals surface area (Å²) in [5, 5.41) is 3.17. The van der Waals surface area contributed by atoms with Gasteiger partial charge in [0.1, 0.15) is 17.4 Å². The summed E-state index contributed by atoms with van der Waals surface area (Å²) in [5.74, 6) is 1.90. The maximum Gasteiger partial charge on any atom is 0.140 e. The van der Waals surface area contributed by atoms with Gasteiger partial charge in [-0.3, -0.25) is 4.90 Å². The standard InChI is InChI=1S/C23H27N3OS/c1-17-7-9-21(10-8-17)27-15-23-25-20(16-28-23)13-26-12-19(11-24)22(14-26)18-5-3-2-4-6-18/h2-10,16,19,22H,11-15,24H2,1H3/t19-,22+/m1/s1. The van der Waals surface area contributed by atoms with Gasteiger partial charge in [-0.05, 0) is 37.1 Å². The molecule has 2 N–H and O–H groups in total. The molecule has 28 heavy (non-hydrogen) atoms. The molecule has 1 aliphatic heterocycles. The van der Waals surface area contributed by atoms with Crippen molar-refractivity contribution in [1.82, 2.24) is 9.88 Å². The lowest BCUT2D eigenvalue weighted by Gasteiger charge is -2.16. The van der Waals surface area contributed by atoms with Crippen molar-refractivity contribution in [1.29, 1.82) is 0 Å². The Kier molecular flexibility index (Phi) is 6.05. The fourth-order valence-corrected chi connectivity index (χ4v) is 4.60. The highest BCUT2D eigenvalue weighted by molar-refractivity contribution is 7.09. The van der Waals surface area contributed by atoms with Crippen molar-refractivity contribution >= 4 is 11.3 Å². The molecule has 1 fully saturated rings. The van der Waals surface area contributed by atoms with E-state index in [1.807, 2.05) is 12.1 Å². The zero-order valence-electron chi connectivity index (χ0n) is 16.3. The van der Waals surface area contributed by atoms with Crippen molar-refractivity contribution in [2.24, 2.45) is 11.7 Å². The van der Waals surface area contributed by atoms with Gasteiger partial charge in [0.15, 0.2) is 0 Å². The molecule has 1 aliphatic rings. The highest BCUT2D eigenvalue weighted by atomic mass is 32.1. The largest absolute Gasteiger partial charge is 0.486 e. The maximum atomic E-state index is 6.07. The normalized spacial score (nSPS) is 19.8. The van der Waals surface area contributed by atoms with Crippen molar-refractivity contribution in [3.63, 3.8) is 0 Å². The molecule has 146 valence electrons. The minimum atomic E-state index is 0.505. The Morgan fingerprint density at radius 1 is 1.11 bits per heavy atom. The van der Waals surface area contributed by atoms with E-state index in [-0.39, 0.29) is 0 Å². The number of nitrogens with two attached hydrogens (primary N) is 1. The molecule has 1 saturated heterocycles. The van der Waals surface area contributed by atoms with Crippen LogP contribution in [0.2, 0.25) is 0 Å². The summed E-state index contributed by atoms with van der Waals surface area (Å²) in [6.07, 6.45) is 0. The zero-order valence-corrected chi connectivity index (χ0v) is 17.1. The number of aromatic nitrogens is 1. The molecular formula is C23H27N3OS. The second-order valence-electron chi connectivity index (χ2n) is 7.54. The van der Waals surface area contributed by atoms with Gasteiger partial charge in [-0.15, -0.1) is 11.3 Å². The molecule has 2 aromatic carbocycles. The van der Waals surface area contributed by atoms with E-state index < -0.39 is 0 Å². The van der Waals surface area contributed by atoms with E-state index in [4.69, 9.17) is 15.5 Å². The summed E-state index contributed by atoms with van der Waals surface area (Å²) in [6, 6.07) is 18.9. The van der Waals surface area contributed by atoms with E-state index in [1.165, 1.54) is 11.1 Å². The van der Waals surface area contributed by atoms with Crippen LogP contribution in [0, 0.1) is 12.8 Å². The molecule has 0 saturated carbocycles. The van der Waals surface area contributed by atoms with Gasteiger partial charge < -0.3 is 10.5 Å². The Balaban J connectivity index is 1.34. The predicted octanol–water partition coefficient (Wildman–Crippen LogP) is 4.20. The molecule has 0 spiro atoms. The molecule has 2 atom stereocenters. The van der Waals surface area contributed by atoms with E-state index in [0.717, 1.165) is 42.6 Å². The monoisotopic (exact) mass is 393 g/mol. The number of rotatable bonds is 7. The maximum absolute atomic E-state index is 6.07. The van der Waals surface area contributed by atoms with Gasteiger partial charge in [-0.2, -0.15) is 0 Å². The second-order valence-corrected chi connectivity index (χ2v) is 8.48. The van der Waals surface area contributed by atoms with Crippen molar-refractivity contribution in [2.45, 2.75) is 26.0 Å². The van der Waals surface area contributed by atoms with E-state index in [0.29, 0.717) is 18.4 Å². The third-order valence-corrected chi connectivity index (χ3v) is 6.29. The molecule has 0 aliphatic carbocycles. The summed E-state index contributed by atoms with van der Waals surface area (Å²) >= 11 is 1.67. The van der Waals surface area contributed by atoms with Crippen molar-refractivity contribution in [2.75, 3.05) is 19.6 Å². The van der Waals surface area contributed by atoms with Gasteiger partial charge >= 0.3 is 0 Å². The van der Waals surface area contributed by atoms with Crippen LogP contribution in [0.4, 0.5) is 0 Å². The van der Waals surface area contributed by atoms with Gasteiger partial charge in [0.05, 0.1) is 5.69 Å². The minimum Gasteiger partial charge on any atom is -0.486 e. The van der Waals surface area contributed by atoms with Crippen LogP contribution in [0.15, 0.2) is 60.0 Å². The summed E-state index contributed by atoms with van der Waals surface area (Å²) in [7, 11) is 0. The first-order valence-electron chi connectivity index (χ1n) is 9.81. The average molecular weight is 394 g/mol. The summed E-state index contributed by atoms with van der Waals surface area (Å²) in [4.78, 5) is 7.26. The number of aryl methyl sites for hydroxylation is 1. The summed E-state index contributed by atoms with van der Waals surface area (Å²) in [5.41, 5.74) is 9.82. The molecule has 5 heteroatoms. The molecular weight excluding hydrogens is 366 g/mol. The lowest BCUT2D eigenvalue weighted by Crippen LogP contribution is -2.23. The van der Waals surface area contributed by atoms with Crippen LogP contribution in [0.25, 0.3) is 0 Å². The van der Waals surface area contributed by atoms with Crippen LogP contribution in [0.1, 0.15) is 27.7 Å². The molecule has 2 heterocycles. The van der Waals surface area contributed by atoms with Crippen molar-refractivity contribution in [3.05, 3.63) is 81.8 Å². The Labute approximate surface area is 171 Å².